The van der Waals surface area contributed by atoms with E-state index >= 15 is 4.79 Å². The van der Waals surface area contributed by atoms with Crippen LogP contribution in [-0.4, -0.2) is 125 Å². The molecule has 0 unspecified atom stereocenters. The van der Waals surface area contributed by atoms with E-state index in [2.05, 4.69) is 38.9 Å². The first-order valence-corrected chi connectivity index (χ1v) is 23.1. The fraction of sp³-hybridized carbons (Fsp3) is 0.844. The Kier molecular flexibility index (Phi) is 13.2. The number of methoxy groups -OCH3 is 3. The van der Waals surface area contributed by atoms with Crippen LogP contribution < -0.4 is 0 Å². The molecule has 2 saturated carbocycles. The van der Waals surface area contributed by atoms with Gasteiger partial charge < -0.3 is 42.8 Å². The third-order valence-electron chi connectivity index (χ3n) is 14.8. The maximum atomic E-state index is 15.1. The number of esters is 1. The van der Waals surface area contributed by atoms with E-state index in [-0.39, 0.29) is 96.8 Å². The Labute approximate surface area is 349 Å². The van der Waals surface area contributed by atoms with Gasteiger partial charge in [0.15, 0.2) is 18.4 Å². The normalized spacial score (nSPS) is 43.4. The van der Waals surface area contributed by atoms with E-state index in [4.69, 9.17) is 42.9 Å². The average molecular weight is 829 g/mol. The molecular weight excluding hydrogens is 761 g/mol. The van der Waals surface area contributed by atoms with Crippen LogP contribution in [0.3, 0.4) is 0 Å². The van der Waals surface area contributed by atoms with Gasteiger partial charge in [0.05, 0.1) is 41.5 Å². The number of nitrogens with zero attached hydrogens (tertiary/aromatic N) is 2. The van der Waals surface area contributed by atoms with Crippen molar-refractivity contribution in [2.24, 2.45) is 23.7 Å². The van der Waals surface area contributed by atoms with Gasteiger partial charge in [0, 0.05) is 61.8 Å². The van der Waals surface area contributed by atoms with Gasteiger partial charge in [-0.25, -0.2) is 4.98 Å². The summed E-state index contributed by atoms with van der Waals surface area (Å²) in [6, 6.07) is 0.328. The largest absolute Gasteiger partial charge is 0.462 e. The number of cyclic esters (lactones) is 1. The molecule has 4 aliphatic carbocycles. The number of fused-ring (bicyclic) bond motifs is 8. The van der Waals surface area contributed by atoms with Crippen LogP contribution in [0, 0.1) is 23.7 Å². The number of hydrogen-bond donors (Lipinski definition) is 0. The van der Waals surface area contributed by atoms with Gasteiger partial charge in [-0.05, 0) is 110 Å². The molecule has 58 heavy (non-hydrogen) atoms. The number of ether oxygens (including phenoxy) is 8. The summed E-state index contributed by atoms with van der Waals surface area (Å²) in [5.41, 5.74) is 1.84. The molecule has 5 fully saturated rings. The van der Waals surface area contributed by atoms with Crippen LogP contribution in [0.1, 0.15) is 132 Å². The minimum absolute atomic E-state index is 0.0251. The second-order valence-electron chi connectivity index (χ2n) is 18.6. The summed E-state index contributed by atoms with van der Waals surface area (Å²) >= 11 is 1.86. The van der Waals surface area contributed by atoms with Gasteiger partial charge >= 0.3 is 5.97 Å². The number of allylic oxidation sites excluding steroid dienone is 2. The highest BCUT2D eigenvalue weighted by atomic mass is 32.1. The lowest BCUT2D eigenvalue weighted by Crippen LogP contribution is -2.59. The summed E-state index contributed by atoms with van der Waals surface area (Å²) in [5.74, 6) is 0.0379. The third kappa shape index (κ3) is 8.27. The maximum absolute atomic E-state index is 15.1. The van der Waals surface area contributed by atoms with Crippen molar-refractivity contribution >= 4 is 23.1 Å². The van der Waals surface area contributed by atoms with E-state index in [9.17, 15) is 4.79 Å². The third-order valence-corrected chi connectivity index (χ3v) is 16.2. The molecule has 0 spiro atoms. The Morgan fingerprint density at radius 2 is 1.62 bits per heavy atom. The Morgan fingerprint density at radius 1 is 0.862 bits per heavy atom. The minimum Gasteiger partial charge on any atom is -0.462 e. The Hall–Kier alpha value is -1.81. The number of carbonyl (C=O) groups is 2. The molecule has 17 atom stereocenters. The number of carbonyl (C=O) groups excluding carboxylic acids is 2. The van der Waals surface area contributed by atoms with E-state index in [1.807, 2.05) is 25.2 Å². The number of ketones is 1. The first-order chi connectivity index (χ1) is 27.9. The van der Waals surface area contributed by atoms with E-state index < -0.39 is 18.3 Å². The molecule has 13 heteroatoms. The molecule has 0 N–H and O–H groups in total. The van der Waals surface area contributed by atoms with E-state index in [0.29, 0.717) is 18.4 Å². The molecule has 3 aliphatic heterocycles. The van der Waals surface area contributed by atoms with Crippen LogP contribution in [0.2, 0.25) is 0 Å². The first-order valence-electron chi connectivity index (χ1n) is 22.3. The topological polar surface area (TPSA) is 124 Å². The lowest BCUT2D eigenvalue weighted by Gasteiger charge is -2.44. The second kappa shape index (κ2) is 17.9. The van der Waals surface area contributed by atoms with Gasteiger partial charge in [0.1, 0.15) is 24.4 Å². The molecule has 1 aromatic heterocycles. The van der Waals surface area contributed by atoms with Crippen LogP contribution in [0.25, 0.3) is 0 Å². The van der Waals surface area contributed by atoms with Crippen LogP contribution in [-0.2, 0) is 47.5 Å². The van der Waals surface area contributed by atoms with Crippen LogP contribution in [0.15, 0.2) is 11.6 Å². The zero-order chi connectivity index (χ0) is 41.0. The fourth-order valence-electron chi connectivity index (χ4n) is 11.6. The molecule has 4 heterocycles. The van der Waals surface area contributed by atoms with Crippen LogP contribution in [0.4, 0.5) is 0 Å². The van der Waals surface area contributed by atoms with E-state index in [1.165, 1.54) is 9.88 Å². The number of hydrogen-bond acceptors (Lipinski definition) is 13. The van der Waals surface area contributed by atoms with Gasteiger partial charge in [-0.2, -0.15) is 0 Å². The van der Waals surface area contributed by atoms with Gasteiger partial charge in [0.2, 0.25) is 0 Å². The zero-order valence-electron chi connectivity index (χ0n) is 36.1. The first kappa shape index (κ1) is 42.9. The number of likely N-dealkylation sites (N-methyl/N-ethyl adjacent to an activating group) is 1. The highest BCUT2D eigenvalue weighted by Crippen LogP contribution is 2.63. The van der Waals surface area contributed by atoms with E-state index in [0.717, 1.165) is 69.1 Å². The fourth-order valence-corrected chi connectivity index (χ4v) is 13.1. The second-order valence-corrected chi connectivity index (χ2v) is 19.6. The minimum atomic E-state index is -0.622. The number of thiazole rings is 1. The predicted octanol–water partition coefficient (Wildman–Crippen LogP) is 6.90. The molecule has 0 bridgehead atoms. The van der Waals surface area contributed by atoms with Crippen LogP contribution >= 0.6 is 11.3 Å². The summed E-state index contributed by atoms with van der Waals surface area (Å²) in [6.07, 6.45) is 8.21. The number of Topliss-reactive ketones (excluding diaryl/α,β-unsaturated/α-hetero) is 1. The Balaban J connectivity index is 1.10. The smallest absolute Gasteiger partial charge is 0.306 e. The Morgan fingerprint density at radius 3 is 2.29 bits per heavy atom. The lowest BCUT2D eigenvalue weighted by atomic mass is 9.67. The quantitative estimate of drug-likeness (QED) is 0.228. The molecule has 3 saturated heterocycles. The van der Waals surface area contributed by atoms with Gasteiger partial charge in [-0.15, -0.1) is 11.3 Å². The highest BCUT2D eigenvalue weighted by molar-refractivity contribution is 7.12. The number of rotatable bonds is 10. The number of aromatic nitrogens is 1. The van der Waals surface area contributed by atoms with E-state index in [1.54, 1.807) is 21.3 Å². The van der Waals surface area contributed by atoms with Crippen molar-refractivity contribution in [2.75, 3.05) is 35.4 Å². The molecular formula is C45H68N2O10S. The van der Waals surface area contributed by atoms with Crippen LogP contribution in [0.5, 0.6) is 0 Å². The molecule has 1 aromatic rings. The van der Waals surface area contributed by atoms with Crippen molar-refractivity contribution in [3.8, 4) is 0 Å². The summed E-state index contributed by atoms with van der Waals surface area (Å²) in [5, 5.41) is 1.20. The van der Waals surface area contributed by atoms with Gasteiger partial charge in [-0.3, -0.25) is 9.59 Å². The summed E-state index contributed by atoms with van der Waals surface area (Å²) in [6.45, 7) is 8.22. The van der Waals surface area contributed by atoms with Crippen molar-refractivity contribution in [3.63, 3.8) is 0 Å². The van der Waals surface area contributed by atoms with Crippen molar-refractivity contribution in [1.82, 2.24) is 9.88 Å². The molecule has 0 radical (unpaired) electrons. The summed E-state index contributed by atoms with van der Waals surface area (Å²) in [7, 11) is 9.20. The van der Waals surface area contributed by atoms with Crippen molar-refractivity contribution in [2.45, 2.75) is 184 Å². The van der Waals surface area contributed by atoms with Crippen molar-refractivity contribution in [3.05, 3.63) is 27.2 Å². The van der Waals surface area contributed by atoms with Gasteiger partial charge in [0.25, 0.3) is 0 Å². The lowest BCUT2D eigenvalue weighted by molar-refractivity contribution is -0.314. The molecule has 8 rings (SSSR count). The average Bonchev–Trinajstić information content (AvgIpc) is 3.64. The molecule has 0 aromatic carbocycles. The Bertz CT molecular complexity index is 1650. The summed E-state index contributed by atoms with van der Waals surface area (Å²) < 4.78 is 50.4. The molecule has 12 nitrogen and oxygen atoms in total. The van der Waals surface area contributed by atoms with Crippen molar-refractivity contribution < 1.29 is 47.5 Å². The van der Waals surface area contributed by atoms with Gasteiger partial charge in [-0.1, -0.05) is 19.9 Å². The molecule has 7 aliphatic rings. The molecule has 0 amide bonds. The highest BCUT2D eigenvalue weighted by Gasteiger charge is 2.57. The monoisotopic (exact) mass is 828 g/mol. The zero-order valence-corrected chi connectivity index (χ0v) is 36.9. The predicted molar refractivity (Wildman–Crippen MR) is 218 cm³/mol. The standard InChI is InChI=1S/C45H68N2O10S/c1-10-26-12-11-13-34(57-36-17-16-33(47(5)6)23(3)53-36)22(2)39(49)31-20-29-28-18-27(56-45-42(52-9)41(51-8)40(50-7)24(4)54-45)19-32(28)43-38(46-44(58-43)25-14-15-25)37(29)30(31)21-35(48)55-26/h20,22-30,32-34,36-37,40-42,45H,10-19,21H2,1-9H3/t22-,23-,24+,26+,27+,28+,29+,30-,32-,33+,34+,36+,37-,40+,41-,42-,45+/m1/s1. The maximum Gasteiger partial charge on any atom is 0.306 e. The SMILES string of the molecule is CC[C@H]1CCC[C@H](O[C@H]2CC[C@H](N(C)C)[C@@H](C)O2)[C@@H](C)C(=O)C2=C[C@H]3[C@@H]4C[C@H](O[C@@H]5O[C@@H](C)[C@H](OC)[C@@H](OC)[C@H]5OC)C[C@H]4c4sc(C5CC5)nc4[C@H]3[C@@H]2CC(=O)O1. The molecule has 324 valence electrons. The summed E-state index contributed by atoms with van der Waals surface area (Å²) in [4.78, 5) is 38.0. The van der Waals surface area contributed by atoms with Crippen molar-refractivity contribution in [1.29, 1.82) is 0 Å².